The topological polar surface area (TPSA) is 74.4 Å². The molecule has 4 N–H and O–H groups in total. The molecule has 0 radical (unpaired) electrons. The normalized spacial score (nSPS) is 15.8. The maximum absolute atomic E-state index is 10.6. The molecule has 5 heteroatoms. The van der Waals surface area contributed by atoms with E-state index in [2.05, 4.69) is 59.4 Å². The number of nitrogens with zero attached hydrogens (tertiary/aromatic N) is 2. The molecule has 1 aliphatic rings. The molecule has 0 unspecified atom stereocenters. The number of piperidine rings is 1. The number of para-hydroxylation sites is 1. The Hall–Kier alpha value is -2.89. The van der Waals surface area contributed by atoms with E-state index in [9.17, 15) is 5.11 Å². The SMILES string of the molecule is Cc1cc(C)cc(-c2cncc(Nc3ccccc3)c2N2CCC(O)(CN)CC2)c1. The van der Waals surface area contributed by atoms with Crippen LogP contribution < -0.4 is 16.0 Å². The first kappa shape index (κ1) is 20.4. The second kappa shape index (κ2) is 8.46. The minimum atomic E-state index is -0.767. The number of anilines is 3. The maximum atomic E-state index is 10.6. The Bertz CT molecular complexity index is 991. The monoisotopic (exact) mass is 402 g/mol. The molecule has 5 nitrogen and oxygen atoms in total. The third kappa shape index (κ3) is 4.32. The van der Waals surface area contributed by atoms with Crippen LogP contribution in [0.3, 0.4) is 0 Å². The summed E-state index contributed by atoms with van der Waals surface area (Å²) in [6, 6.07) is 16.8. The molecule has 1 aliphatic heterocycles. The highest BCUT2D eigenvalue weighted by Gasteiger charge is 2.32. The minimum absolute atomic E-state index is 0.302. The lowest BCUT2D eigenvalue weighted by Crippen LogP contribution is -2.49. The number of hydrogen-bond acceptors (Lipinski definition) is 5. The van der Waals surface area contributed by atoms with Gasteiger partial charge in [0, 0.05) is 37.1 Å². The first-order valence-corrected chi connectivity index (χ1v) is 10.5. The number of nitrogens with two attached hydrogens (primary N) is 1. The lowest BCUT2D eigenvalue weighted by Gasteiger charge is -2.40. The largest absolute Gasteiger partial charge is 0.388 e. The standard InChI is InChI=1S/C25H30N4O/c1-18-12-19(2)14-20(13-18)22-15-27-16-23(28-21-6-4-3-5-7-21)24(22)29-10-8-25(30,17-26)9-11-29/h3-7,12-16,28,30H,8-11,17,26H2,1-2H3. The minimum Gasteiger partial charge on any atom is -0.388 e. The number of aryl methyl sites for hydroxylation is 2. The molecule has 0 spiro atoms. The van der Waals surface area contributed by atoms with Gasteiger partial charge in [-0.05, 0) is 44.4 Å². The van der Waals surface area contributed by atoms with Crippen LogP contribution in [0, 0.1) is 13.8 Å². The summed E-state index contributed by atoms with van der Waals surface area (Å²) in [7, 11) is 0. The Morgan fingerprint density at radius 3 is 2.33 bits per heavy atom. The van der Waals surface area contributed by atoms with Crippen LogP contribution >= 0.6 is 0 Å². The van der Waals surface area contributed by atoms with Gasteiger partial charge in [0.2, 0.25) is 0 Å². The lowest BCUT2D eigenvalue weighted by molar-refractivity contribution is 0.0250. The van der Waals surface area contributed by atoms with E-state index < -0.39 is 5.60 Å². The van der Waals surface area contributed by atoms with Gasteiger partial charge in [0.1, 0.15) is 0 Å². The Labute approximate surface area is 178 Å². The molecule has 1 fully saturated rings. The van der Waals surface area contributed by atoms with Crippen LogP contribution in [0.5, 0.6) is 0 Å². The molecule has 0 saturated carbocycles. The highest BCUT2D eigenvalue weighted by atomic mass is 16.3. The Balaban J connectivity index is 1.79. The van der Waals surface area contributed by atoms with Crippen molar-refractivity contribution in [2.24, 2.45) is 5.73 Å². The Kier molecular flexibility index (Phi) is 5.75. The average Bonchev–Trinajstić information content (AvgIpc) is 2.74. The molecule has 0 amide bonds. The number of benzene rings is 2. The quantitative estimate of drug-likeness (QED) is 0.590. The average molecular weight is 403 g/mol. The molecule has 2 heterocycles. The first-order chi connectivity index (χ1) is 14.5. The van der Waals surface area contributed by atoms with E-state index in [0.29, 0.717) is 19.4 Å². The molecule has 4 rings (SSSR count). The summed E-state index contributed by atoms with van der Waals surface area (Å²) >= 11 is 0. The van der Waals surface area contributed by atoms with E-state index in [1.54, 1.807) is 0 Å². The van der Waals surface area contributed by atoms with E-state index in [4.69, 9.17) is 5.73 Å². The van der Waals surface area contributed by atoms with Crippen molar-refractivity contribution >= 4 is 17.1 Å². The lowest BCUT2D eigenvalue weighted by atomic mass is 9.90. The molecule has 1 saturated heterocycles. The molecule has 156 valence electrons. The molecule has 1 aromatic heterocycles. The van der Waals surface area contributed by atoms with Crippen molar-refractivity contribution in [3.05, 3.63) is 72.1 Å². The van der Waals surface area contributed by atoms with Crippen LogP contribution in [0.25, 0.3) is 11.1 Å². The van der Waals surface area contributed by atoms with Crippen LogP contribution in [-0.4, -0.2) is 35.3 Å². The zero-order valence-electron chi connectivity index (χ0n) is 17.7. The molecule has 2 aromatic carbocycles. The Morgan fingerprint density at radius 1 is 1.03 bits per heavy atom. The van der Waals surface area contributed by atoms with Crippen molar-refractivity contribution < 1.29 is 5.11 Å². The van der Waals surface area contributed by atoms with Gasteiger partial charge in [-0.15, -0.1) is 0 Å². The fraction of sp³-hybridized carbons (Fsp3) is 0.320. The van der Waals surface area contributed by atoms with Crippen molar-refractivity contribution in [2.45, 2.75) is 32.3 Å². The van der Waals surface area contributed by atoms with E-state index in [-0.39, 0.29) is 0 Å². The third-order valence-corrected chi connectivity index (χ3v) is 5.89. The van der Waals surface area contributed by atoms with Gasteiger partial charge >= 0.3 is 0 Å². The van der Waals surface area contributed by atoms with Gasteiger partial charge in [0.15, 0.2) is 0 Å². The number of aromatic nitrogens is 1. The van der Waals surface area contributed by atoms with Crippen LogP contribution in [-0.2, 0) is 0 Å². The summed E-state index contributed by atoms with van der Waals surface area (Å²) in [5, 5.41) is 14.2. The van der Waals surface area contributed by atoms with Crippen LogP contribution in [0.4, 0.5) is 17.1 Å². The van der Waals surface area contributed by atoms with Crippen molar-refractivity contribution in [3.63, 3.8) is 0 Å². The zero-order valence-corrected chi connectivity index (χ0v) is 17.7. The summed E-state index contributed by atoms with van der Waals surface area (Å²) in [5.41, 5.74) is 12.9. The number of rotatable bonds is 5. The molecule has 0 bridgehead atoms. The Morgan fingerprint density at radius 2 is 1.70 bits per heavy atom. The van der Waals surface area contributed by atoms with Crippen molar-refractivity contribution in [2.75, 3.05) is 29.9 Å². The van der Waals surface area contributed by atoms with Crippen molar-refractivity contribution in [3.8, 4) is 11.1 Å². The van der Waals surface area contributed by atoms with E-state index in [0.717, 1.165) is 41.3 Å². The number of nitrogens with one attached hydrogen (secondary N) is 1. The molecule has 3 aromatic rings. The first-order valence-electron chi connectivity index (χ1n) is 10.5. The fourth-order valence-corrected chi connectivity index (χ4v) is 4.25. The predicted molar refractivity (Wildman–Crippen MR) is 124 cm³/mol. The van der Waals surface area contributed by atoms with Gasteiger partial charge in [-0.1, -0.05) is 47.5 Å². The zero-order chi connectivity index (χ0) is 21.1. The van der Waals surface area contributed by atoms with Gasteiger partial charge in [-0.25, -0.2) is 0 Å². The summed E-state index contributed by atoms with van der Waals surface area (Å²) in [6.07, 6.45) is 5.15. The summed E-state index contributed by atoms with van der Waals surface area (Å²) in [5.74, 6) is 0. The highest BCUT2D eigenvalue weighted by molar-refractivity contribution is 5.89. The van der Waals surface area contributed by atoms with E-state index in [1.807, 2.05) is 30.6 Å². The smallest absolute Gasteiger partial charge is 0.0814 e. The summed E-state index contributed by atoms with van der Waals surface area (Å²) in [6.45, 7) is 6.05. The van der Waals surface area contributed by atoms with Crippen LogP contribution in [0.2, 0.25) is 0 Å². The van der Waals surface area contributed by atoms with E-state index in [1.165, 1.54) is 11.1 Å². The molecule has 30 heavy (non-hydrogen) atoms. The van der Waals surface area contributed by atoms with Gasteiger partial charge in [-0.3, -0.25) is 4.98 Å². The number of hydrogen-bond donors (Lipinski definition) is 3. The van der Waals surface area contributed by atoms with Crippen molar-refractivity contribution in [1.29, 1.82) is 0 Å². The van der Waals surface area contributed by atoms with Crippen molar-refractivity contribution in [1.82, 2.24) is 4.98 Å². The summed E-state index contributed by atoms with van der Waals surface area (Å²) in [4.78, 5) is 6.91. The van der Waals surface area contributed by atoms with Gasteiger partial charge in [0.25, 0.3) is 0 Å². The fourth-order valence-electron chi connectivity index (χ4n) is 4.25. The molecule has 0 atom stereocenters. The maximum Gasteiger partial charge on any atom is 0.0814 e. The molecular formula is C25H30N4O. The molecule has 0 aliphatic carbocycles. The predicted octanol–water partition coefficient (Wildman–Crippen LogP) is 4.40. The van der Waals surface area contributed by atoms with E-state index >= 15 is 0 Å². The third-order valence-electron chi connectivity index (χ3n) is 5.89. The number of aliphatic hydroxyl groups is 1. The van der Waals surface area contributed by atoms with Gasteiger partial charge in [-0.2, -0.15) is 0 Å². The molecular weight excluding hydrogens is 372 g/mol. The summed E-state index contributed by atoms with van der Waals surface area (Å²) < 4.78 is 0. The second-order valence-corrected chi connectivity index (χ2v) is 8.37. The van der Waals surface area contributed by atoms with Gasteiger partial charge < -0.3 is 21.1 Å². The van der Waals surface area contributed by atoms with Crippen LogP contribution in [0.15, 0.2) is 60.9 Å². The highest BCUT2D eigenvalue weighted by Crippen LogP contribution is 2.40. The second-order valence-electron chi connectivity index (χ2n) is 8.37. The number of pyridine rings is 1. The van der Waals surface area contributed by atoms with Gasteiger partial charge in [0.05, 0.1) is 23.2 Å². The van der Waals surface area contributed by atoms with Crippen LogP contribution in [0.1, 0.15) is 24.0 Å².